The number of nitrogens with one attached hydrogen (secondary N) is 1. The van der Waals surface area contributed by atoms with Gasteiger partial charge in [0.15, 0.2) is 15.3 Å². The molecule has 1 aliphatic rings. The maximum absolute atomic E-state index is 13.1. The topological polar surface area (TPSA) is 94.1 Å². The van der Waals surface area contributed by atoms with Gasteiger partial charge in [-0.2, -0.15) is 17.9 Å². The number of nitrogens with zero attached hydrogens (tertiary/aromatic N) is 3. The lowest BCUT2D eigenvalue weighted by Gasteiger charge is -2.33. The Morgan fingerprint density at radius 2 is 1.75 bits per heavy atom. The predicted octanol–water partition coefficient (Wildman–Crippen LogP) is 3.50. The molecule has 3 aromatic rings. The van der Waals surface area contributed by atoms with Gasteiger partial charge in [0.1, 0.15) is 11.6 Å². The average molecular weight is 470 g/mol. The summed E-state index contributed by atoms with van der Waals surface area (Å²) in [5, 5.41) is 4.25. The molecule has 0 amide bonds. The summed E-state index contributed by atoms with van der Waals surface area (Å²) in [6.07, 6.45) is -3.99. The van der Waals surface area contributed by atoms with Gasteiger partial charge in [0.25, 0.3) is 0 Å². The minimum absolute atomic E-state index is 0.0642. The van der Waals surface area contributed by atoms with Crippen LogP contribution in [-0.2, 0) is 20.8 Å². The molecule has 1 atom stereocenters. The second kappa shape index (κ2) is 8.26. The van der Waals surface area contributed by atoms with Crippen LogP contribution in [0.1, 0.15) is 30.1 Å². The Kier molecular flexibility index (Phi) is 5.77. The predicted molar refractivity (Wildman–Crippen MR) is 106 cm³/mol. The molecule has 1 fully saturated rings. The third kappa shape index (κ3) is 4.38. The molecule has 1 N–H and O–H groups in total. The summed E-state index contributed by atoms with van der Waals surface area (Å²) in [5.41, 5.74) is -1.16. The lowest BCUT2D eigenvalue weighted by atomic mass is 9.98. The minimum Gasteiger partial charge on any atom is -0.593 e. The number of H-pyrrole nitrogens is 1. The first-order chi connectivity index (χ1) is 15.1. The molecule has 12 heteroatoms. The van der Waals surface area contributed by atoms with Gasteiger partial charge in [-0.15, -0.1) is 9.40 Å². The van der Waals surface area contributed by atoms with Crippen molar-refractivity contribution in [2.45, 2.75) is 29.8 Å². The Labute approximate surface area is 181 Å². The van der Waals surface area contributed by atoms with Crippen molar-refractivity contribution in [2.75, 3.05) is 13.1 Å². The van der Waals surface area contributed by atoms with Crippen molar-refractivity contribution in [1.29, 1.82) is 0 Å². The van der Waals surface area contributed by atoms with Gasteiger partial charge < -0.3 is 4.55 Å². The number of alkyl halides is 3. The molecule has 1 saturated heterocycles. The Balaban J connectivity index is 1.49. The van der Waals surface area contributed by atoms with Crippen molar-refractivity contribution in [3.63, 3.8) is 0 Å². The highest BCUT2D eigenvalue weighted by Crippen LogP contribution is 2.34. The normalized spacial score (nSPS) is 17.9. The fourth-order valence-corrected chi connectivity index (χ4v) is 5.15. The Morgan fingerprint density at radius 1 is 1.09 bits per heavy atom. The van der Waals surface area contributed by atoms with Gasteiger partial charge in [0.05, 0.1) is 11.3 Å². The smallest absolute Gasteiger partial charge is 0.416 e. The molecular weight excluding hydrogens is 452 g/mol. The number of hydrogen-bond donors (Lipinski definition) is 1. The molecule has 1 unspecified atom stereocenters. The van der Waals surface area contributed by atoms with Crippen molar-refractivity contribution in [3.05, 3.63) is 76.2 Å². The summed E-state index contributed by atoms with van der Waals surface area (Å²) in [6.45, 7) is 0.128. The highest BCUT2D eigenvalue weighted by Gasteiger charge is 2.38. The fourth-order valence-electron chi connectivity index (χ4n) is 3.63. The molecule has 2 heterocycles. The molecular formula is C20H18F4N4O3S. The molecule has 7 nitrogen and oxygen atoms in total. The molecule has 4 rings (SSSR count). The summed E-state index contributed by atoms with van der Waals surface area (Å²) in [4.78, 5) is 14.5. The van der Waals surface area contributed by atoms with Crippen LogP contribution in [0.3, 0.4) is 0 Å². The van der Waals surface area contributed by atoms with E-state index < -0.39 is 38.5 Å². The van der Waals surface area contributed by atoms with Crippen LogP contribution in [0.25, 0.3) is 5.69 Å². The minimum atomic E-state index is -4.65. The second-order valence-electron chi connectivity index (χ2n) is 7.41. The monoisotopic (exact) mass is 470 g/mol. The number of aromatic nitrogens is 3. The van der Waals surface area contributed by atoms with E-state index in [1.807, 2.05) is 0 Å². The lowest BCUT2D eigenvalue weighted by Crippen LogP contribution is -2.42. The Hall–Kier alpha value is -2.83. The van der Waals surface area contributed by atoms with Crippen LogP contribution in [0, 0.1) is 5.82 Å². The molecule has 0 saturated carbocycles. The largest absolute Gasteiger partial charge is 0.593 e. The summed E-state index contributed by atoms with van der Waals surface area (Å²) in [6, 6.07) is 8.87. The zero-order valence-electron chi connectivity index (χ0n) is 16.5. The third-order valence-corrected chi connectivity index (χ3v) is 7.24. The van der Waals surface area contributed by atoms with Crippen molar-refractivity contribution in [1.82, 2.24) is 19.1 Å². The van der Waals surface area contributed by atoms with Gasteiger partial charge in [-0.25, -0.2) is 9.18 Å². The van der Waals surface area contributed by atoms with Gasteiger partial charge in [-0.3, -0.25) is 4.98 Å². The quantitative estimate of drug-likeness (QED) is 0.467. The highest BCUT2D eigenvalue weighted by atomic mass is 32.3. The van der Waals surface area contributed by atoms with Crippen molar-refractivity contribution in [2.24, 2.45) is 0 Å². The van der Waals surface area contributed by atoms with Crippen molar-refractivity contribution >= 4 is 10.4 Å². The van der Waals surface area contributed by atoms with Crippen molar-refractivity contribution in [3.8, 4) is 5.69 Å². The molecule has 2 aromatic carbocycles. The van der Waals surface area contributed by atoms with Gasteiger partial charge >= 0.3 is 11.9 Å². The van der Waals surface area contributed by atoms with E-state index in [1.165, 1.54) is 24.3 Å². The van der Waals surface area contributed by atoms with Gasteiger partial charge in [-0.05, 0) is 49.2 Å². The van der Waals surface area contributed by atoms with Gasteiger partial charge in [0.2, 0.25) is 0 Å². The van der Waals surface area contributed by atoms with E-state index >= 15 is 0 Å². The molecule has 1 aromatic heterocycles. The van der Waals surface area contributed by atoms with Crippen LogP contribution in [0.4, 0.5) is 17.6 Å². The summed E-state index contributed by atoms with van der Waals surface area (Å²) < 4.78 is 79.8. The van der Waals surface area contributed by atoms with Crippen molar-refractivity contribution < 1.29 is 26.3 Å². The van der Waals surface area contributed by atoms with Crippen LogP contribution in [-0.4, -0.2) is 36.7 Å². The third-order valence-electron chi connectivity index (χ3n) is 5.35. The number of halogens is 4. The summed E-state index contributed by atoms with van der Waals surface area (Å²) in [5.74, 6) is -0.320. The molecule has 32 heavy (non-hydrogen) atoms. The fraction of sp³-hybridized carbons (Fsp3) is 0.300. The van der Waals surface area contributed by atoms with E-state index in [1.54, 1.807) is 0 Å². The van der Waals surface area contributed by atoms with E-state index in [4.69, 9.17) is 0 Å². The number of sulfonamides is 1. The van der Waals surface area contributed by atoms with Crippen LogP contribution < -0.4 is 5.69 Å². The first-order valence-corrected chi connectivity index (χ1v) is 11.1. The van der Waals surface area contributed by atoms with Crippen LogP contribution in [0.5, 0.6) is 0 Å². The van der Waals surface area contributed by atoms with E-state index in [2.05, 4.69) is 10.1 Å². The van der Waals surface area contributed by atoms with Gasteiger partial charge in [-0.1, -0.05) is 10.3 Å². The van der Waals surface area contributed by atoms with Crippen LogP contribution >= 0.6 is 0 Å². The lowest BCUT2D eigenvalue weighted by molar-refractivity contribution is -0.137. The van der Waals surface area contributed by atoms with Crippen LogP contribution in [0.2, 0.25) is 0 Å². The number of hydrogen-bond acceptors (Lipinski definition) is 4. The molecule has 170 valence electrons. The summed E-state index contributed by atoms with van der Waals surface area (Å²) in [7, 11) is -4.10. The van der Waals surface area contributed by atoms with E-state index in [0.29, 0.717) is 30.4 Å². The number of aromatic amines is 1. The van der Waals surface area contributed by atoms with E-state index in [0.717, 1.165) is 27.2 Å². The highest BCUT2D eigenvalue weighted by molar-refractivity contribution is 7.95. The maximum Gasteiger partial charge on any atom is 0.416 e. The first-order valence-electron chi connectivity index (χ1n) is 9.68. The second-order valence-corrected chi connectivity index (χ2v) is 9.35. The molecule has 0 bridgehead atoms. The Bertz CT molecular complexity index is 1210. The number of rotatable bonds is 4. The SMILES string of the molecule is O=c1[nH]c(C2CCN([S+](=O)([O-])c3cccc(C(F)(F)F)c3)CC2)nn1-c1ccc(F)cc1. The van der Waals surface area contributed by atoms with E-state index in [-0.39, 0.29) is 19.0 Å². The zero-order valence-corrected chi connectivity index (χ0v) is 17.3. The molecule has 0 aliphatic carbocycles. The molecule has 1 aliphatic heterocycles. The number of piperidine rings is 1. The summed E-state index contributed by atoms with van der Waals surface area (Å²) >= 11 is 0. The standard InChI is InChI=1S/C20H18F4N4O3S/c21-15-4-6-16(7-5-15)28-19(29)25-18(26-28)13-8-10-27(11-9-13)32(30,31)17-3-1-2-14(12-17)20(22,23)24/h1-7,12-13H,8-11H2,(H-,25,26,29,30,31). The van der Waals surface area contributed by atoms with Crippen LogP contribution in [0.15, 0.2) is 58.2 Å². The maximum atomic E-state index is 13.1. The zero-order chi connectivity index (χ0) is 23.1. The first kappa shape index (κ1) is 22.4. The average Bonchev–Trinajstić information content (AvgIpc) is 3.15. The number of benzene rings is 2. The molecule has 0 spiro atoms. The van der Waals surface area contributed by atoms with E-state index in [9.17, 15) is 31.1 Å². The van der Waals surface area contributed by atoms with Gasteiger partial charge in [0, 0.05) is 25.1 Å². The Morgan fingerprint density at radius 3 is 2.38 bits per heavy atom. The molecule has 0 radical (unpaired) electrons.